The second-order valence-electron chi connectivity index (χ2n) is 5.87. The van der Waals surface area contributed by atoms with Gasteiger partial charge in [-0.05, 0) is 48.5 Å². The van der Waals surface area contributed by atoms with Gasteiger partial charge in [0.15, 0.2) is 24.8 Å². The van der Waals surface area contributed by atoms with Crippen molar-refractivity contribution < 1.29 is 38.9 Å². The minimum atomic E-state index is -1.11. The van der Waals surface area contributed by atoms with Crippen LogP contribution in [0.25, 0.3) is 0 Å². The fourth-order valence-corrected chi connectivity index (χ4v) is 2.86. The summed E-state index contributed by atoms with van der Waals surface area (Å²) in [6, 6.07) is 11.9. The molecule has 0 aliphatic heterocycles. The molecule has 0 aromatic heterocycles. The van der Waals surface area contributed by atoms with Crippen LogP contribution in [-0.4, -0.2) is 51.8 Å². The van der Waals surface area contributed by atoms with Crippen LogP contribution in [0.1, 0.15) is 27.1 Å². The Morgan fingerprint density at radius 1 is 0.759 bits per heavy atom. The molecule has 0 heterocycles. The van der Waals surface area contributed by atoms with Gasteiger partial charge in [-0.25, -0.2) is 9.59 Å². The number of hydrogen-bond donors (Lipinski definition) is 2. The number of Topliss-reactive ketones (excluding diaryl/α,β-unsaturated/α-hetero) is 2. The van der Waals surface area contributed by atoms with E-state index in [-0.39, 0.29) is 18.0 Å². The number of ether oxygens (including phenoxy) is 2. The van der Waals surface area contributed by atoms with E-state index in [9.17, 15) is 19.2 Å². The van der Waals surface area contributed by atoms with Crippen LogP contribution in [0.3, 0.4) is 0 Å². The van der Waals surface area contributed by atoms with Gasteiger partial charge in [0.25, 0.3) is 0 Å². The SMILES string of the molecule is O=C(O)COc1ccc(C(=O)CC(Br)C(=O)c2ccc(OCC(=O)O)cc2)cc1. The lowest BCUT2D eigenvalue weighted by Gasteiger charge is -2.10. The smallest absolute Gasteiger partial charge is 0.341 e. The largest absolute Gasteiger partial charge is 0.482 e. The van der Waals surface area contributed by atoms with E-state index in [1.54, 1.807) is 0 Å². The minimum absolute atomic E-state index is 0.0779. The molecule has 0 saturated heterocycles. The molecule has 29 heavy (non-hydrogen) atoms. The number of halogens is 1. The van der Waals surface area contributed by atoms with Crippen molar-refractivity contribution in [3.05, 3.63) is 59.7 Å². The summed E-state index contributed by atoms with van der Waals surface area (Å²) in [5.41, 5.74) is 0.710. The van der Waals surface area contributed by atoms with Crippen molar-refractivity contribution >= 4 is 39.4 Å². The Morgan fingerprint density at radius 2 is 1.17 bits per heavy atom. The van der Waals surface area contributed by atoms with Gasteiger partial charge in [-0.1, -0.05) is 15.9 Å². The summed E-state index contributed by atoms with van der Waals surface area (Å²) < 4.78 is 10.0. The summed E-state index contributed by atoms with van der Waals surface area (Å²) in [5, 5.41) is 17.2. The quantitative estimate of drug-likeness (QED) is 0.383. The van der Waals surface area contributed by atoms with Gasteiger partial charge in [-0.2, -0.15) is 0 Å². The zero-order valence-corrected chi connectivity index (χ0v) is 16.6. The van der Waals surface area contributed by atoms with Crippen LogP contribution in [0.2, 0.25) is 0 Å². The lowest BCUT2D eigenvalue weighted by molar-refractivity contribution is -0.140. The van der Waals surface area contributed by atoms with Crippen LogP contribution < -0.4 is 9.47 Å². The normalized spacial score (nSPS) is 11.3. The second-order valence-corrected chi connectivity index (χ2v) is 6.98. The predicted molar refractivity (Wildman–Crippen MR) is 105 cm³/mol. The van der Waals surface area contributed by atoms with Crippen molar-refractivity contribution in [1.82, 2.24) is 0 Å². The second kappa shape index (κ2) is 10.4. The fraction of sp³-hybridized carbons (Fsp3) is 0.200. The average Bonchev–Trinajstić information content (AvgIpc) is 2.70. The molecule has 0 aliphatic carbocycles. The summed E-state index contributed by atoms with van der Waals surface area (Å²) in [7, 11) is 0. The number of rotatable bonds is 11. The molecular formula is C20H17BrO8. The average molecular weight is 465 g/mol. The molecule has 0 bridgehead atoms. The van der Waals surface area contributed by atoms with Gasteiger partial charge < -0.3 is 19.7 Å². The highest BCUT2D eigenvalue weighted by molar-refractivity contribution is 9.10. The van der Waals surface area contributed by atoms with Gasteiger partial charge in [-0.3, -0.25) is 9.59 Å². The molecule has 0 aliphatic rings. The summed E-state index contributed by atoms with van der Waals surface area (Å²) in [5.74, 6) is -2.15. The number of benzene rings is 2. The van der Waals surface area contributed by atoms with Crippen molar-refractivity contribution in [3.8, 4) is 11.5 Å². The third-order valence-corrected chi connectivity index (χ3v) is 4.43. The number of carbonyl (C=O) groups excluding carboxylic acids is 2. The van der Waals surface area contributed by atoms with Crippen LogP contribution >= 0.6 is 15.9 Å². The molecule has 2 N–H and O–H groups in total. The molecule has 1 atom stereocenters. The van der Waals surface area contributed by atoms with Gasteiger partial charge in [0.05, 0.1) is 4.83 Å². The van der Waals surface area contributed by atoms with Gasteiger partial charge in [0.2, 0.25) is 0 Å². The first-order valence-corrected chi connectivity index (χ1v) is 9.28. The van der Waals surface area contributed by atoms with E-state index in [1.165, 1.54) is 48.5 Å². The van der Waals surface area contributed by atoms with E-state index < -0.39 is 30.0 Å². The third kappa shape index (κ3) is 7.04. The molecule has 8 nitrogen and oxygen atoms in total. The molecule has 0 fully saturated rings. The highest BCUT2D eigenvalue weighted by Gasteiger charge is 2.21. The molecule has 0 saturated carbocycles. The lowest BCUT2D eigenvalue weighted by Crippen LogP contribution is -2.18. The van der Waals surface area contributed by atoms with Gasteiger partial charge in [0, 0.05) is 17.5 Å². The summed E-state index contributed by atoms with van der Waals surface area (Å²) in [6.07, 6.45) is -0.0779. The first kappa shape index (κ1) is 22.1. The highest BCUT2D eigenvalue weighted by atomic mass is 79.9. The number of aliphatic carboxylic acids is 2. The Kier molecular flexibility index (Phi) is 7.90. The van der Waals surface area contributed by atoms with Crippen LogP contribution in [0.5, 0.6) is 11.5 Å². The predicted octanol–water partition coefficient (Wildman–Crippen LogP) is 2.83. The van der Waals surface area contributed by atoms with E-state index in [1.807, 2.05) is 0 Å². The Labute approximate surface area is 174 Å². The standard InChI is InChI=1S/C20H17BrO8/c21-16(20(27)13-3-7-15(8-4-13)29-11-19(25)26)9-17(22)12-1-5-14(6-2-12)28-10-18(23)24/h1-8,16H,9-11H2,(H,23,24)(H,25,26). The maximum Gasteiger partial charge on any atom is 0.341 e. The zero-order chi connectivity index (χ0) is 21.4. The lowest BCUT2D eigenvalue weighted by atomic mass is 10.0. The summed E-state index contributed by atoms with van der Waals surface area (Å²) in [6.45, 7) is -0.964. The first-order valence-electron chi connectivity index (χ1n) is 8.37. The molecule has 2 aromatic rings. The molecule has 0 spiro atoms. The number of carboxylic acid groups (broad SMARTS) is 2. The van der Waals surface area contributed by atoms with Gasteiger partial charge in [-0.15, -0.1) is 0 Å². The third-order valence-electron chi connectivity index (χ3n) is 3.69. The maximum atomic E-state index is 12.5. The molecule has 1 unspecified atom stereocenters. The van der Waals surface area contributed by atoms with E-state index in [0.717, 1.165) is 0 Å². The van der Waals surface area contributed by atoms with Crippen molar-refractivity contribution in [2.45, 2.75) is 11.2 Å². The Bertz CT molecular complexity index is 890. The maximum absolute atomic E-state index is 12.5. The highest BCUT2D eigenvalue weighted by Crippen LogP contribution is 2.20. The molecule has 152 valence electrons. The fourth-order valence-electron chi connectivity index (χ4n) is 2.30. The molecular weight excluding hydrogens is 448 g/mol. The Hall–Kier alpha value is -3.20. The molecule has 0 amide bonds. The van der Waals surface area contributed by atoms with E-state index in [0.29, 0.717) is 22.6 Å². The Balaban J connectivity index is 1.93. The van der Waals surface area contributed by atoms with Crippen molar-refractivity contribution in [1.29, 1.82) is 0 Å². The Morgan fingerprint density at radius 3 is 1.59 bits per heavy atom. The topological polar surface area (TPSA) is 127 Å². The summed E-state index contributed by atoms with van der Waals surface area (Å²) in [4.78, 5) is 45.1. The first-order chi connectivity index (χ1) is 13.8. The van der Waals surface area contributed by atoms with Crippen LogP contribution in [0, 0.1) is 0 Å². The summed E-state index contributed by atoms with van der Waals surface area (Å²) >= 11 is 3.23. The van der Waals surface area contributed by atoms with Crippen molar-refractivity contribution in [2.75, 3.05) is 13.2 Å². The van der Waals surface area contributed by atoms with Crippen molar-refractivity contribution in [3.63, 3.8) is 0 Å². The van der Waals surface area contributed by atoms with Gasteiger partial charge >= 0.3 is 11.9 Å². The zero-order valence-electron chi connectivity index (χ0n) is 15.0. The minimum Gasteiger partial charge on any atom is -0.482 e. The van der Waals surface area contributed by atoms with Gasteiger partial charge in [0.1, 0.15) is 11.5 Å². The van der Waals surface area contributed by atoms with Crippen LogP contribution in [0.4, 0.5) is 0 Å². The van der Waals surface area contributed by atoms with E-state index >= 15 is 0 Å². The monoisotopic (exact) mass is 464 g/mol. The molecule has 0 radical (unpaired) electrons. The number of carboxylic acids is 2. The number of ketones is 2. The van der Waals surface area contributed by atoms with Crippen LogP contribution in [-0.2, 0) is 9.59 Å². The number of carbonyl (C=O) groups is 4. The van der Waals surface area contributed by atoms with E-state index in [4.69, 9.17) is 19.7 Å². The molecule has 2 aromatic carbocycles. The molecule has 2 rings (SSSR count). The number of alkyl halides is 1. The van der Waals surface area contributed by atoms with E-state index in [2.05, 4.69) is 15.9 Å². The number of hydrogen-bond acceptors (Lipinski definition) is 6. The molecule has 9 heteroatoms. The van der Waals surface area contributed by atoms with Crippen LogP contribution in [0.15, 0.2) is 48.5 Å². The van der Waals surface area contributed by atoms with Crippen molar-refractivity contribution in [2.24, 2.45) is 0 Å².